The van der Waals surface area contributed by atoms with E-state index in [1.807, 2.05) is 31.7 Å². The Balaban J connectivity index is 3.41. The van der Waals surface area contributed by atoms with Gasteiger partial charge in [0.1, 0.15) is 0 Å². The van der Waals surface area contributed by atoms with Crippen molar-refractivity contribution in [1.29, 1.82) is 0 Å². The molecule has 0 amide bonds. The van der Waals surface area contributed by atoms with Crippen molar-refractivity contribution in [3.63, 3.8) is 0 Å². The molecule has 0 aromatic rings. The molecule has 0 saturated heterocycles. The van der Waals surface area contributed by atoms with Crippen LogP contribution in [0.2, 0.25) is 0 Å². The van der Waals surface area contributed by atoms with Gasteiger partial charge in [-0.3, -0.25) is 0 Å². The summed E-state index contributed by atoms with van der Waals surface area (Å²) in [5.74, 6) is 2.05. The third-order valence-corrected chi connectivity index (χ3v) is 2.63. The second-order valence-corrected chi connectivity index (χ2v) is 4.16. The van der Waals surface area contributed by atoms with Crippen molar-refractivity contribution in [3.8, 4) is 0 Å². The summed E-state index contributed by atoms with van der Waals surface area (Å²) in [7, 11) is 0. The predicted octanol–water partition coefficient (Wildman–Crippen LogP) is 3.97. The lowest BCUT2D eigenvalue weighted by atomic mass is 10.4. The smallest absolute Gasteiger partial charge is 0.0970 e. The molecular formula is C11H20OS. The second kappa shape index (κ2) is 8.24. The molecule has 0 saturated carbocycles. The fourth-order valence-electron chi connectivity index (χ4n) is 0.835. The fourth-order valence-corrected chi connectivity index (χ4v) is 1.61. The number of allylic oxidation sites excluding steroid dienone is 4. The van der Waals surface area contributed by atoms with Crippen molar-refractivity contribution in [2.24, 2.45) is 0 Å². The summed E-state index contributed by atoms with van der Waals surface area (Å²) in [5.41, 5.74) is 0. The van der Waals surface area contributed by atoms with Gasteiger partial charge in [0.25, 0.3) is 0 Å². The zero-order chi connectivity index (χ0) is 10.1. The van der Waals surface area contributed by atoms with Gasteiger partial charge in [0.05, 0.1) is 12.4 Å². The summed E-state index contributed by atoms with van der Waals surface area (Å²) in [5, 5.41) is 0. The zero-order valence-corrected chi connectivity index (χ0v) is 9.91. The van der Waals surface area contributed by atoms with Crippen LogP contribution in [-0.4, -0.2) is 12.4 Å². The topological polar surface area (TPSA) is 9.23 Å². The molecule has 0 spiro atoms. The minimum absolute atomic E-state index is 0.801. The van der Waals surface area contributed by atoms with Crippen LogP contribution in [0.5, 0.6) is 0 Å². The van der Waals surface area contributed by atoms with E-state index in [2.05, 4.69) is 19.9 Å². The molecule has 0 unspecified atom stereocenters. The lowest BCUT2D eigenvalue weighted by Crippen LogP contribution is -1.94. The molecule has 0 bridgehead atoms. The van der Waals surface area contributed by atoms with Gasteiger partial charge in [0.15, 0.2) is 0 Å². The number of thioether (sulfide) groups is 1. The molecule has 76 valence electrons. The summed E-state index contributed by atoms with van der Waals surface area (Å²) in [4.78, 5) is 1.39. The van der Waals surface area contributed by atoms with E-state index < -0.39 is 0 Å². The quantitative estimate of drug-likeness (QED) is 0.474. The molecule has 0 radical (unpaired) electrons. The zero-order valence-electron chi connectivity index (χ0n) is 9.09. The molecule has 0 aliphatic heterocycles. The van der Waals surface area contributed by atoms with Crippen LogP contribution in [0.4, 0.5) is 0 Å². The summed E-state index contributed by atoms with van der Waals surface area (Å²) in [6.45, 7) is 9.08. The molecule has 0 N–H and O–H groups in total. The van der Waals surface area contributed by atoms with Gasteiger partial charge in [-0.1, -0.05) is 19.1 Å². The van der Waals surface area contributed by atoms with Crippen LogP contribution in [0.15, 0.2) is 22.8 Å². The van der Waals surface area contributed by atoms with E-state index in [4.69, 9.17) is 4.74 Å². The highest BCUT2D eigenvalue weighted by Gasteiger charge is 1.92. The summed E-state index contributed by atoms with van der Waals surface area (Å²) < 4.78 is 5.43. The van der Waals surface area contributed by atoms with Crippen molar-refractivity contribution >= 4 is 11.8 Å². The third-order valence-electron chi connectivity index (χ3n) is 1.64. The Kier molecular flexibility index (Phi) is 8.00. The molecule has 0 aromatic heterocycles. The van der Waals surface area contributed by atoms with Crippen LogP contribution in [-0.2, 0) is 4.74 Å². The van der Waals surface area contributed by atoms with Gasteiger partial charge in [0.2, 0.25) is 0 Å². The van der Waals surface area contributed by atoms with Crippen LogP contribution in [0.25, 0.3) is 0 Å². The maximum absolute atomic E-state index is 5.43. The van der Waals surface area contributed by atoms with Crippen molar-refractivity contribution in [1.82, 2.24) is 0 Å². The highest BCUT2D eigenvalue weighted by atomic mass is 32.2. The average molecular weight is 200 g/mol. The largest absolute Gasteiger partial charge is 0.498 e. The van der Waals surface area contributed by atoms with Crippen molar-refractivity contribution in [3.05, 3.63) is 22.8 Å². The van der Waals surface area contributed by atoms with Gasteiger partial charge < -0.3 is 4.74 Å². The SMILES string of the molecule is C/C=C(\C)OCCS/C(C)=C/CC. The van der Waals surface area contributed by atoms with E-state index >= 15 is 0 Å². The number of ether oxygens (including phenoxy) is 1. The van der Waals surface area contributed by atoms with E-state index in [-0.39, 0.29) is 0 Å². The van der Waals surface area contributed by atoms with Gasteiger partial charge in [-0.2, -0.15) is 0 Å². The number of rotatable bonds is 6. The Labute approximate surface area is 86.2 Å². The highest BCUT2D eigenvalue weighted by Crippen LogP contribution is 2.14. The summed E-state index contributed by atoms with van der Waals surface area (Å²) in [6.07, 6.45) is 5.35. The second-order valence-electron chi connectivity index (χ2n) is 2.82. The van der Waals surface area contributed by atoms with Crippen molar-refractivity contribution in [2.45, 2.75) is 34.1 Å². The number of hydrogen-bond donors (Lipinski definition) is 0. The van der Waals surface area contributed by atoms with E-state index in [0.717, 1.165) is 24.5 Å². The number of hydrogen-bond acceptors (Lipinski definition) is 2. The van der Waals surface area contributed by atoms with Gasteiger partial charge >= 0.3 is 0 Å². The molecule has 0 fully saturated rings. The van der Waals surface area contributed by atoms with Crippen LogP contribution >= 0.6 is 11.8 Å². The molecule has 13 heavy (non-hydrogen) atoms. The molecular weight excluding hydrogens is 180 g/mol. The molecule has 0 atom stereocenters. The minimum Gasteiger partial charge on any atom is -0.498 e. The summed E-state index contributed by atoms with van der Waals surface area (Å²) in [6, 6.07) is 0. The first kappa shape index (κ1) is 12.6. The third kappa shape index (κ3) is 7.97. The van der Waals surface area contributed by atoms with E-state index in [1.54, 1.807) is 0 Å². The first-order chi connectivity index (χ1) is 6.20. The Morgan fingerprint density at radius 3 is 2.62 bits per heavy atom. The fraction of sp³-hybridized carbons (Fsp3) is 0.636. The molecule has 1 nitrogen and oxygen atoms in total. The maximum atomic E-state index is 5.43. The van der Waals surface area contributed by atoms with Crippen LogP contribution in [0.3, 0.4) is 0 Å². The first-order valence-corrected chi connectivity index (χ1v) is 5.74. The average Bonchev–Trinajstić information content (AvgIpc) is 2.12. The van der Waals surface area contributed by atoms with Crippen molar-refractivity contribution < 1.29 is 4.74 Å². The Morgan fingerprint density at radius 1 is 1.38 bits per heavy atom. The van der Waals surface area contributed by atoms with Crippen LogP contribution in [0.1, 0.15) is 34.1 Å². The molecule has 0 aliphatic rings. The minimum atomic E-state index is 0.801. The lowest BCUT2D eigenvalue weighted by Gasteiger charge is -2.05. The van der Waals surface area contributed by atoms with Crippen LogP contribution < -0.4 is 0 Å². The Morgan fingerprint density at radius 2 is 2.08 bits per heavy atom. The molecule has 0 aliphatic carbocycles. The standard InChI is InChI=1S/C11H20OS/c1-5-7-11(4)13-9-8-12-10(3)6-2/h6-7H,5,8-9H2,1-4H3/b10-6+,11-7+. The van der Waals surface area contributed by atoms with E-state index in [0.29, 0.717) is 0 Å². The van der Waals surface area contributed by atoms with E-state index in [9.17, 15) is 0 Å². The lowest BCUT2D eigenvalue weighted by molar-refractivity contribution is 0.234. The predicted molar refractivity (Wildman–Crippen MR) is 61.9 cm³/mol. The van der Waals surface area contributed by atoms with Gasteiger partial charge in [-0.25, -0.2) is 0 Å². The Bertz CT molecular complexity index is 183. The highest BCUT2D eigenvalue weighted by molar-refractivity contribution is 8.03. The summed E-state index contributed by atoms with van der Waals surface area (Å²) >= 11 is 1.86. The molecule has 0 aromatic carbocycles. The van der Waals surface area contributed by atoms with Gasteiger partial charge in [0, 0.05) is 5.75 Å². The molecule has 0 rings (SSSR count). The van der Waals surface area contributed by atoms with Gasteiger partial charge in [-0.15, -0.1) is 11.8 Å². The maximum Gasteiger partial charge on any atom is 0.0970 e. The monoisotopic (exact) mass is 200 g/mol. The van der Waals surface area contributed by atoms with Gasteiger partial charge in [-0.05, 0) is 32.1 Å². The van der Waals surface area contributed by atoms with Crippen molar-refractivity contribution in [2.75, 3.05) is 12.4 Å². The molecule has 0 heterocycles. The molecule has 2 heteroatoms. The first-order valence-electron chi connectivity index (χ1n) is 4.76. The van der Waals surface area contributed by atoms with E-state index in [1.165, 1.54) is 4.91 Å². The normalized spacial score (nSPS) is 13.2. The Hall–Kier alpha value is -0.370. The van der Waals surface area contributed by atoms with Crippen LogP contribution in [0, 0.1) is 0 Å².